The second-order valence-electron chi connectivity index (χ2n) is 5.30. The maximum absolute atomic E-state index is 12.2. The minimum atomic E-state index is -0.237. The normalized spacial score (nSPS) is 12.0. The van der Waals surface area contributed by atoms with E-state index in [0.717, 1.165) is 0 Å². The van der Waals surface area contributed by atoms with Gasteiger partial charge < -0.3 is 20.3 Å². The van der Waals surface area contributed by atoms with Crippen molar-refractivity contribution in [3.8, 4) is 5.75 Å². The monoisotopic (exact) mass is 333 g/mol. The Kier molecular flexibility index (Phi) is 6.43. The van der Waals surface area contributed by atoms with Gasteiger partial charge in [0, 0.05) is 6.54 Å². The van der Waals surface area contributed by atoms with E-state index in [1.165, 1.54) is 5.56 Å². The molecule has 0 saturated heterocycles. The molecule has 0 bridgehead atoms. The van der Waals surface area contributed by atoms with Crippen molar-refractivity contribution in [2.75, 3.05) is 32.6 Å². The van der Waals surface area contributed by atoms with E-state index in [0.29, 0.717) is 24.6 Å². The zero-order chi connectivity index (χ0) is 16.7. The number of nitrogens with one attached hydrogen (secondary N) is 2. The number of carbonyl (C=O) groups is 1. The maximum atomic E-state index is 12.2. The molecule has 2 amide bonds. The van der Waals surface area contributed by atoms with Gasteiger partial charge in [-0.3, -0.25) is 0 Å². The summed E-state index contributed by atoms with van der Waals surface area (Å²) in [5, 5.41) is 9.92. The number of benzene rings is 1. The average molecular weight is 333 g/mol. The standard InChI is InChI=1S/C17H23N3O2S/c1-4-22-16-8-6-5-7-14(16)19-17(21)18-11-15(20(2)3)13-9-10-23-12-13/h5-10,12,15H,4,11H2,1-3H3,(H2,18,19,21)/t15-/m1/s1. The molecule has 0 fully saturated rings. The highest BCUT2D eigenvalue weighted by atomic mass is 32.1. The first-order valence-electron chi connectivity index (χ1n) is 7.57. The van der Waals surface area contributed by atoms with E-state index in [2.05, 4.69) is 27.0 Å². The van der Waals surface area contributed by atoms with Crippen LogP contribution >= 0.6 is 11.3 Å². The van der Waals surface area contributed by atoms with Crippen LogP contribution in [0, 0.1) is 0 Å². The third-order valence-corrected chi connectivity index (χ3v) is 4.14. The Morgan fingerprint density at radius 2 is 2.09 bits per heavy atom. The van der Waals surface area contributed by atoms with E-state index < -0.39 is 0 Å². The Morgan fingerprint density at radius 3 is 2.74 bits per heavy atom. The molecule has 6 heteroatoms. The fourth-order valence-corrected chi connectivity index (χ4v) is 2.98. The second kappa shape index (κ2) is 8.55. The van der Waals surface area contributed by atoms with Gasteiger partial charge >= 0.3 is 6.03 Å². The Hall–Kier alpha value is -2.05. The number of thiophene rings is 1. The van der Waals surface area contributed by atoms with Crippen molar-refractivity contribution < 1.29 is 9.53 Å². The third-order valence-electron chi connectivity index (χ3n) is 3.44. The summed E-state index contributed by atoms with van der Waals surface area (Å²) in [4.78, 5) is 14.3. The minimum absolute atomic E-state index is 0.147. The number of carbonyl (C=O) groups excluding carboxylic acids is 1. The van der Waals surface area contributed by atoms with Gasteiger partial charge in [-0.25, -0.2) is 4.79 Å². The Bertz CT molecular complexity index is 614. The summed E-state index contributed by atoms with van der Waals surface area (Å²) in [5.74, 6) is 0.673. The van der Waals surface area contributed by atoms with Crippen molar-refractivity contribution in [2.24, 2.45) is 0 Å². The molecule has 2 N–H and O–H groups in total. The second-order valence-corrected chi connectivity index (χ2v) is 6.08. The zero-order valence-corrected chi connectivity index (χ0v) is 14.5. The molecule has 0 aliphatic rings. The van der Waals surface area contributed by atoms with Gasteiger partial charge in [-0.2, -0.15) is 11.3 Å². The van der Waals surface area contributed by atoms with Gasteiger partial charge in [0.2, 0.25) is 0 Å². The molecule has 2 aromatic rings. The van der Waals surface area contributed by atoms with Crippen LogP contribution in [0.25, 0.3) is 0 Å². The van der Waals surface area contributed by atoms with Gasteiger partial charge in [0.05, 0.1) is 18.3 Å². The molecule has 124 valence electrons. The molecule has 5 nitrogen and oxygen atoms in total. The molecule has 1 atom stereocenters. The van der Waals surface area contributed by atoms with E-state index in [9.17, 15) is 4.79 Å². The maximum Gasteiger partial charge on any atom is 0.319 e. The van der Waals surface area contributed by atoms with Crippen molar-refractivity contribution in [1.29, 1.82) is 0 Å². The van der Waals surface area contributed by atoms with Gasteiger partial charge in [-0.05, 0) is 55.5 Å². The number of rotatable bonds is 7. The molecule has 1 aromatic heterocycles. The Balaban J connectivity index is 1.94. The lowest BCUT2D eigenvalue weighted by atomic mass is 10.1. The van der Waals surface area contributed by atoms with Gasteiger partial charge in [0.25, 0.3) is 0 Å². The third kappa shape index (κ3) is 4.97. The smallest absolute Gasteiger partial charge is 0.319 e. The fraction of sp³-hybridized carbons (Fsp3) is 0.353. The Labute approximate surface area is 141 Å². The quantitative estimate of drug-likeness (QED) is 0.814. The summed E-state index contributed by atoms with van der Waals surface area (Å²) in [5.41, 5.74) is 1.87. The van der Waals surface area contributed by atoms with Crippen molar-refractivity contribution in [1.82, 2.24) is 10.2 Å². The molecule has 0 aliphatic carbocycles. The van der Waals surface area contributed by atoms with Crippen LogP contribution in [0.5, 0.6) is 5.75 Å². The first-order chi connectivity index (χ1) is 11.1. The van der Waals surface area contributed by atoms with Gasteiger partial charge in [-0.15, -0.1) is 0 Å². The summed E-state index contributed by atoms with van der Waals surface area (Å²) in [6.45, 7) is 3.01. The van der Waals surface area contributed by atoms with Crippen LogP contribution in [-0.2, 0) is 0 Å². The molecule has 1 heterocycles. The van der Waals surface area contributed by atoms with Crippen molar-refractivity contribution in [3.63, 3.8) is 0 Å². The molecule has 0 radical (unpaired) electrons. The number of likely N-dealkylation sites (N-methyl/N-ethyl adjacent to an activating group) is 1. The predicted octanol–water partition coefficient (Wildman–Crippen LogP) is 3.57. The first kappa shape index (κ1) is 17.3. The molecule has 0 unspecified atom stereocenters. The van der Waals surface area contributed by atoms with Crippen molar-refractivity contribution in [2.45, 2.75) is 13.0 Å². The van der Waals surface area contributed by atoms with Crippen LogP contribution in [0.4, 0.5) is 10.5 Å². The minimum Gasteiger partial charge on any atom is -0.492 e. The number of amides is 2. The average Bonchev–Trinajstić information content (AvgIpc) is 3.03. The first-order valence-corrected chi connectivity index (χ1v) is 8.51. The number of anilines is 1. The van der Waals surface area contributed by atoms with Crippen LogP contribution in [0.3, 0.4) is 0 Å². The number of hydrogen-bond donors (Lipinski definition) is 2. The topological polar surface area (TPSA) is 53.6 Å². The largest absolute Gasteiger partial charge is 0.492 e. The predicted molar refractivity (Wildman–Crippen MR) is 95.4 cm³/mol. The summed E-state index contributed by atoms with van der Waals surface area (Å²) < 4.78 is 5.51. The van der Waals surface area contributed by atoms with Crippen LogP contribution in [0.15, 0.2) is 41.1 Å². The number of ether oxygens (including phenoxy) is 1. The van der Waals surface area contributed by atoms with E-state index >= 15 is 0 Å². The van der Waals surface area contributed by atoms with E-state index in [1.54, 1.807) is 11.3 Å². The molecule has 2 rings (SSSR count). The lowest BCUT2D eigenvalue weighted by Gasteiger charge is -2.24. The molecule has 0 spiro atoms. The van der Waals surface area contributed by atoms with Crippen molar-refractivity contribution >= 4 is 23.1 Å². The highest BCUT2D eigenvalue weighted by Crippen LogP contribution is 2.24. The van der Waals surface area contributed by atoms with E-state index in [1.807, 2.05) is 50.7 Å². The molecular weight excluding hydrogens is 310 g/mol. The molecular formula is C17H23N3O2S. The number of hydrogen-bond acceptors (Lipinski definition) is 4. The molecule has 23 heavy (non-hydrogen) atoms. The van der Waals surface area contributed by atoms with Crippen LogP contribution in [-0.4, -0.2) is 38.2 Å². The SMILES string of the molecule is CCOc1ccccc1NC(=O)NC[C@H](c1ccsc1)N(C)C. The van der Waals surface area contributed by atoms with Crippen LogP contribution in [0.1, 0.15) is 18.5 Å². The number of urea groups is 1. The summed E-state index contributed by atoms with van der Waals surface area (Å²) in [6.07, 6.45) is 0. The lowest BCUT2D eigenvalue weighted by molar-refractivity contribution is 0.243. The van der Waals surface area contributed by atoms with Gasteiger partial charge in [0.1, 0.15) is 5.75 Å². The summed E-state index contributed by atoms with van der Waals surface area (Å²) >= 11 is 1.66. The summed E-state index contributed by atoms with van der Waals surface area (Å²) in [6, 6.07) is 9.41. The molecule has 0 saturated carbocycles. The van der Waals surface area contributed by atoms with Gasteiger partial charge in [-0.1, -0.05) is 12.1 Å². The highest BCUT2D eigenvalue weighted by molar-refractivity contribution is 7.07. The molecule has 0 aliphatic heterocycles. The fourth-order valence-electron chi connectivity index (χ4n) is 2.27. The van der Waals surface area contributed by atoms with E-state index in [4.69, 9.17) is 4.74 Å². The van der Waals surface area contributed by atoms with Crippen LogP contribution in [0.2, 0.25) is 0 Å². The number of para-hydroxylation sites is 2. The van der Waals surface area contributed by atoms with E-state index in [-0.39, 0.29) is 12.1 Å². The van der Waals surface area contributed by atoms with Gasteiger partial charge in [0.15, 0.2) is 0 Å². The number of nitrogens with zero attached hydrogens (tertiary/aromatic N) is 1. The molecule has 1 aromatic carbocycles. The highest BCUT2D eigenvalue weighted by Gasteiger charge is 2.16. The lowest BCUT2D eigenvalue weighted by Crippen LogP contribution is -2.36. The van der Waals surface area contributed by atoms with Crippen molar-refractivity contribution in [3.05, 3.63) is 46.7 Å². The summed E-state index contributed by atoms with van der Waals surface area (Å²) in [7, 11) is 4.01. The Morgan fingerprint density at radius 1 is 1.30 bits per heavy atom. The zero-order valence-electron chi connectivity index (χ0n) is 13.7. The van der Waals surface area contributed by atoms with Crippen LogP contribution < -0.4 is 15.4 Å².